The molecule has 1 unspecified atom stereocenters. The molecule has 0 bridgehead atoms. The third-order valence-corrected chi connectivity index (χ3v) is 4.85. The molecule has 1 heterocycles. The van der Waals surface area contributed by atoms with E-state index in [1.165, 1.54) is 58.0 Å². The van der Waals surface area contributed by atoms with Gasteiger partial charge in [-0.3, -0.25) is 0 Å². The van der Waals surface area contributed by atoms with E-state index in [-0.39, 0.29) is 0 Å². The molecule has 1 aliphatic carbocycles. The van der Waals surface area contributed by atoms with Crippen molar-refractivity contribution >= 4 is 0 Å². The Labute approximate surface area is 107 Å². The average molecular weight is 238 g/mol. The molecule has 1 saturated heterocycles. The van der Waals surface area contributed by atoms with Gasteiger partial charge in [0, 0.05) is 12.6 Å². The summed E-state index contributed by atoms with van der Waals surface area (Å²) in [5.74, 6) is 0.732. The lowest BCUT2D eigenvalue weighted by Gasteiger charge is -2.40. The maximum Gasteiger partial charge on any atom is 0.0170 e. The second-order valence-corrected chi connectivity index (χ2v) is 6.90. The van der Waals surface area contributed by atoms with Gasteiger partial charge in [-0.2, -0.15) is 0 Å². The van der Waals surface area contributed by atoms with Gasteiger partial charge in [0.05, 0.1) is 0 Å². The molecule has 17 heavy (non-hydrogen) atoms. The fourth-order valence-electron chi connectivity index (χ4n) is 3.85. The molecular formula is C15H30N2. The highest BCUT2D eigenvalue weighted by Crippen LogP contribution is 2.46. The zero-order valence-electron chi connectivity index (χ0n) is 11.8. The van der Waals surface area contributed by atoms with Crippen molar-refractivity contribution in [1.29, 1.82) is 0 Å². The Kier molecular flexibility index (Phi) is 4.48. The second kappa shape index (κ2) is 5.71. The average Bonchev–Trinajstić information content (AvgIpc) is 2.69. The summed E-state index contributed by atoms with van der Waals surface area (Å²) in [6.45, 7) is 8.25. The summed E-state index contributed by atoms with van der Waals surface area (Å²) in [6, 6.07) is 0.382. The maximum atomic E-state index is 6.21. The molecule has 2 aliphatic rings. The van der Waals surface area contributed by atoms with Crippen molar-refractivity contribution in [1.82, 2.24) is 4.90 Å². The Balaban J connectivity index is 1.71. The summed E-state index contributed by atoms with van der Waals surface area (Å²) in [7, 11) is 0. The van der Waals surface area contributed by atoms with E-state index in [1.54, 1.807) is 0 Å². The highest BCUT2D eigenvalue weighted by molar-refractivity contribution is 4.90. The van der Waals surface area contributed by atoms with E-state index in [4.69, 9.17) is 5.73 Å². The zero-order chi connectivity index (χ0) is 12.3. The Morgan fingerprint density at radius 2 is 1.65 bits per heavy atom. The normalized spacial score (nSPS) is 26.8. The van der Waals surface area contributed by atoms with Crippen molar-refractivity contribution in [2.45, 2.75) is 64.8 Å². The molecule has 0 aromatic heterocycles. The van der Waals surface area contributed by atoms with Crippen LogP contribution in [0.1, 0.15) is 58.8 Å². The molecule has 2 N–H and O–H groups in total. The number of piperidine rings is 1. The van der Waals surface area contributed by atoms with Crippen LogP contribution >= 0.6 is 0 Å². The van der Waals surface area contributed by atoms with Crippen LogP contribution in [0.2, 0.25) is 0 Å². The van der Waals surface area contributed by atoms with Crippen molar-refractivity contribution in [3.05, 3.63) is 0 Å². The third kappa shape index (κ3) is 3.69. The first-order valence-electron chi connectivity index (χ1n) is 7.58. The van der Waals surface area contributed by atoms with Crippen LogP contribution in [0.3, 0.4) is 0 Å². The van der Waals surface area contributed by atoms with Crippen LogP contribution in [-0.2, 0) is 0 Å². The van der Waals surface area contributed by atoms with Gasteiger partial charge < -0.3 is 10.6 Å². The summed E-state index contributed by atoms with van der Waals surface area (Å²) in [5.41, 5.74) is 6.96. The van der Waals surface area contributed by atoms with Gasteiger partial charge in [-0.25, -0.2) is 0 Å². The van der Waals surface area contributed by atoms with Crippen LogP contribution in [0, 0.1) is 11.3 Å². The summed E-state index contributed by atoms with van der Waals surface area (Å²) in [6.07, 6.45) is 9.99. The molecule has 2 fully saturated rings. The maximum absolute atomic E-state index is 6.21. The quantitative estimate of drug-likeness (QED) is 0.816. The highest BCUT2D eigenvalue weighted by atomic mass is 15.1. The highest BCUT2D eigenvalue weighted by Gasteiger charge is 2.36. The first-order valence-corrected chi connectivity index (χ1v) is 7.58. The molecule has 1 atom stereocenters. The van der Waals surface area contributed by atoms with Crippen LogP contribution in [0.5, 0.6) is 0 Å². The van der Waals surface area contributed by atoms with Crippen LogP contribution in [0.4, 0.5) is 0 Å². The smallest absolute Gasteiger partial charge is 0.0170 e. The number of likely N-dealkylation sites (tertiary alicyclic amines) is 1. The molecule has 1 spiro atoms. The topological polar surface area (TPSA) is 29.3 Å². The van der Waals surface area contributed by atoms with Gasteiger partial charge in [-0.05, 0) is 56.5 Å². The van der Waals surface area contributed by atoms with Gasteiger partial charge in [0.1, 0.15) is 0 Å². The van der Waals surface area contributed by atoms with E-state index in [2.05, 4.69) is 18.7 Å². The van der Waals surface area contributed by atoms with Gasteiger partial charge in [-0.1, -0.05) is 26.7 Å². The van der Waals surface area contributed by atoms with Gasteiger partial charge in [0.25, 0.3) is 0 Å². The molecule has 0 aromatic rings. The van der Waals surface area contributed by atoms with Crippen molar-refractivity contribution in [3.8, 4) is 0 Å². The second-order valence-electron chi connectivity index (χ2n) is 6.90. The minimum Gasteiger partial charge on any atom is -0.327 e. The van der Waals surface area contributed by atoms with Gasteiger partial charge in [0.2, 0.25) is 0 Å². The van der Waals surface area contributed by atoms with Gasteiger partial charge >= 0.3 is 0 Å². The number of hydrogen-bond donors (Lipinski definition) is 1. The molecule has 0 aromatic carbocycles. The molecule has 2 rings (SSSR count). The summed E-state index contributed by atoms with van der Waals surface area (Å²) < 4.78 is 0. The van der Waals surface area contributed by atoms with E-state index >= 15 is 0 Å². The monoisotopic (exact) mass is 238 g/mol. The number of hydrogen-bond acceptors (Lipinski definition) is 2. The Bertz CT molecular complexity index is 221. The fraction of sp³-hybridized carbons (Fsp3) is 1.00. The van der Waals surface area contributed by atoms with Crippen LogP contribution in [0.25, 0.3) is 0 Å². The molecular weight excluding hydrogens is 208 g/mol. The SMILES string of the molecule is CC(C)CC(N)CN1CCC2(CCCC2)CC1. The van der Waals surface area contributed by atoms with E-state index in [0.717, 1.165) is 17.9 Å². The molecule has 1 saturated carbocycles. The Hall–Kier alpha value is -0.0800. The van der Waals surface area contributed by atoms with Crippen molar-refractivity contribution in [3.63, 3.8) is 0 Å². The molecule has 0 radical (unpaired) electrons. The molecule has 100 valence electrons. The lowest BCUT2D eigenvalue weighted by atomic mass is 9.77. The number of nitrogens with zero attached hydrogens (tertiary/aromatic N) is 1. The largest absolute Gasteiger partial charge is 0.327 e. The van der Waals surface area contributed by atoms with E-state index < -0.39 is 0 Å². The first-order chi connectivity index (χ1) is 8.10. The van der Waals surface area contributed by atoms with E-state index in [0.29, 0.717) is 6.04 Å². The molecule has 2 nitrogen and oxygen atoms in total. The minimum absolute atomic E-state index is 0.382. The lowest BCUT2D eigenvalue weighted by Crippen LogP contribution is -2.44. The summed E-state index contributed by atoms with van der Waals surface area (Å²) in [4.78, 5) is 2.61. The number of rotatable bonds is 4. The fourth-order valence-corrected chi connectivity index (χ4v) is 3.85. The van der Waals surface area contributed by atoms with Crippen LogP contribution in [-0.4, -0.2) is 30.6 Å². The van der Waals surface area contributed by atoms with E-state index in [1.807, 2.05) is 0 Å². The Morgan fingerprint density at radius 3 is 2.18 bits per heavy atom. The predicted molar refractivity (Wildman–Crippen MR) is 74.0 cm³/mol. The van der Waals surface area contributed by atoms with Crippen molar-refractivity contribution < 1.29 is 0 Å². The predicted octanol–water partition coefficient (Wildman–Crippen LogP) is 3.02. The van der Waals surface area contributed by atoms with Gasteiger partial charge in [0.15, 0.2) is 0 Å². The van der Waals surface area contributed by atoms with Crippen LogP contribution < -0.4 is 5.73 Å². The molecule has 0 amide bonds. The van der Waals surface area contributed by atoms with Crippen molar-refractivity contribution in [2.24, 2.45) is 17.1 Å². The van der Waals surface area contributed by atoms with Crippen LogP contribution in [0.15, 0.2) is 0 Å². The lowest BCUT2D eigenvalue weighted by molar-refractivity contribution is 0.102. The third-order valence-electron chi connectivity index (χ3n) is 4.85. The number of nitrogens with two attached hydrogens (primary N) is 1. The Morgan fingerprint density at radius 1 is 1.06 bits per heavy atom. The van der Waals surface area contributed by atoms with Crippen molar-refractivity contribution in [2.75, 3.05) is 19.6 Å². The minimum atomic E-state index is 0.382. The van der Waals surface area contributed by atoms with E-state index in [9.17, 15) is 0 Å². The molecule has 1 aliphatic heterocycles. The first kappa shape index (κ1) is 13.4. The zero-order valence-corrected chi connectivity index (χ0v) is 11.8. The standard InChI is InChI=1S/C15H30N2/c1-13(2)11-14(16)12-17-9-7-15(8-10-17)5-3-4-6-15/h13-14H,3-12,16H2,1-2H3. The summed E-state index contributed by atoms with van der Waals surface area (Å²) in [5, 5.41) is 0. The molecule has 2 heteroatoms. The van der Waals surface area contributed by atoms with Gasteiger partial charge in [-0.15, -0.1) is 0 Å². The summed E-state index contributed by atoms with van der Waals surface area (Å²) >= 11 is 0.